The lowest BCUT2D eigenvalue weighted by Gasteiger charge is -2.36. The number of carbonyl (C=O) groups is 3. The van der Waals surface area contributed by atoms with Crippen LogP contribution in [0.5, 0.6) is 0 Å². The average Bonchev–Trinajstić information content (AvgIpc) is 3.07. The number of benzene rings is 4. The summed E-state index contributed by atoms with van der Waals surface area (Å²) in [6.45, 7) is -0.656. The number of methoxy groups -OCH3 is 1. The van der Waals surface area contributed by atoms with Crippen LogP contribution in [-0.2, 0) is 30.4 Å². The molecule has 0 spiro atoms. The number of carbonyl (C=O) groups excluding carboxylic acids is 3. The van der Waals surface area contributed by atoms with Crippen molar-refractivity contribution in [2.45, 2.75) is 23.4 Å². The molecule has 0 radical (unpaired) electrons. The van der Waals surface area contributed by atoms with Crippen LogP contribution in [-0.4, -0.2) is 54.6 Å². The van der Waals surface area contributed by atoms with Crippen molar-refractivity contribution in [1.29, 1.82) is 0 Å². The van der Waals surface area contributed by atoms with Gasteiger partial charge in [-0.05, 0) is 22.3 Å². The minimum Gasteiger partial charge on any atom is -0.467 e. The summed E-state index contributed by atoms with van der Waals surface area (Å²) >= 11 is 1.46. The fraction of sp³-hybridized carbons (Fsp3) is 0.206. The Balaban J connectivity index is 1.68. The van der Waals surface area contributed by atoms with E-state index >= 15 is 0 Å². The number of alkyl carbamates (subject to hydrolysis) is 1. The molecule has 0 aliphatic rings. The summed E-state index contributed by atoms with van der Waals surface area (Å²) in [5.74, 6) is -1.39. The normalized spacial score (nSPS) is 12.4. The van der Waals surface area contributed by atoms with Crippen molar-refractivity contribution in [2.24, 2.45) is 0 Å². The van der Waals surface area contributed by atoms with E-state index in [1.54, 1.807) is 0 Å². The number of aliphatic hydroxyl groups is 1. The van der Waals surface area contributed by atoms with Gasteiger partial charge in [-0.25, -0.2) is 9.59 Å². The van der Waals surface area contributed by atoms with Gasteiger partial charge < -0.3 is 25.2 Å². The van der Waals surface area contributed by atoms with Crippen LogP contribution in [0.3, 0.4) is 0 Å². The first-order chi connectivity index (χ1) is 21.0. The zero-order valence-electron chi connectivity index (χ0n) is 23.7. The molecule has 4 aromatic rings. The molecule has 0 aromatic heterocycles. The molecule has 0 saturated heterocycles. The maximum absolute atomic E-state index is 13.6. The molecule has 4 rings (SSSR count). The zero-order chi connectivity index (χ0) is 30.5. The van der Waals surface area contributed by atoms with Gasteiger partial charge in [-0.15, -0.1) is 11.8 Å². The first-order valence-corrected chi connectivity index (χ1v) is 14.7. The van der Waals surface area contributed by atoms with Crippen molar-refractivity contribution in [2.75, 3.05) is 19.5 Å². The third-order valence-electron chi connectivity index (χ3n) is 6.81. The van der Waals surface area contributed by atoms with Crippen molar-refractivity contribution in [1.82, 2.24) is 10.6 Å². The molecule has 0 fully saturated rings. The van der Waals surface area contributed by atoms with E-state index in [1.807, 2.05) is 121 Å². The first kappa shape index (κ1) is 31.3. The monoisotopic (exact) mass is 598 g/mol. The Morgan fingerprint density at radius 2 is 1.19 bits per heavy atom. The molecule has 0 bridgehead atoms. The van der Waals surface area contributed by atoms with E-state index in [0.29, 0.717) is 0 Å². The van der Waals surface area contributed by atoms with Gasteiger partial charge in [0, 0.05) is 5.75 Å². The maximum atomic E-state index is 13.6. The molecule has 0 aliphatic carbocycles. The van der Waals surface area contributed by atoms with E-state index in [-0.39, 0.29) is 12.4 Å². The van der Waals surface area contributed by atoms with Crippen molar-refractivity contribution in [3.63, 3.8) is 0 Å². The lowest BCUT2D eigenvalue weighted by molar-refractivity contribution is -0.146. The number of hydrogen-bond donors (Lipinski definition) is 3. The third kappa shape index (κ3) is 8.03. The second-order valence-corrected chi connectivity index (χ2v) is 10.9. The molecule has 0 aliphatic heterocycles. The van der Waals surface area contributed by atoms with Crippen LogP contribution in [0.25, 0.3) is 0 Å². The number of rotatable bonds is 13. The lowest BCUT2D eigenvalue weighted by Crippen LogP contribution is -2.54. The van der Waals surface area contributed by atoms with Crippen molar-refractivity contribution in [3.05, 3.63) is 144 Å². The highest BCUT2D eigenvalue weighted by molar-refractivity contribution is 8.00. The molecule has 0 heterocycles. The van der Waals surface area contributed by atoms with Crippen molar-refractivity contribution in [3.8, 4) is 0 Å². The first-order valence-electron chi connectivity index (χ1n) is 13.7. The number of thioether (sulfide) groups is 1. The Labute approximate surface area is 255 Å². The van der Waals surface area contributed by atoms with Crippen molar-refractivity contribution < 1.29 is 29.0 Å². The SMILES string of the molecule is COC(=O)[C@H](CO)NC(=O)[C@@H](CSC(c1ccccc1)(c1ccccc1)c1ccccc1)NC(=O)OCc1ccccc1. The summed E-state index contributed by atoms with van der Waals surface area (Å²) in [4.78, 5) is 38.6. The number of hydrogen-bond acceptors (Lipinski definition) is 7. The Hall–Kier alpha value is -4.60. The molecule has 3 N–H and O–H groups in total. The van der Waals surface area contributed by atoms with Gasteiger partial charge in [-0.3, -0.25) is 4.79 Å². The van der Waals surface area contributed by atoms with Gasteiger partial charge in [-0.1, -0.05) is 121 Å². The van der Waals surface area contributed by atoms with Crippen LogP contribution in [0, 0.1) is 0 Å². The second-order valence-electron chi connectivity index (χ2n) is 9.62. The highest BCUT2D eigenvalue weighted by Crippen LogP contribution is 2.48. The molecule has 0 unspecified atom stereocenters. The molecule has 2 amide bonds. The Morgan fingerprint density at radius 3 is 1.63 bits per heavy atom. The molecule has 8 nitrogen and oxygen atoms in total. The van der Waals surface area contributed by atoms with Crippen molar-refractivity contribution >= 4 is 29.7 Å². The topological polar surface area (TPSA) is 114 Å². The molecule has 4 aromatic carbocycles. The number of esters is 1. The number of nitrogens with one attached hydrogen (secondary N) is 2. The van der Waals surface area contributed by atoms with E-state index in [4.69, 9.17) is 9.47 Å². The number of amides is 2. The van der Waals surface area contributed by atoms with Gasteiger partial charge in [0.2, 0.25) is 5.91 Å². The van der Waals surface area contributed by atoms with E-state index in [9.17, 15) is 19.5 Å². The molecular formula is C34H34N2O6S. The Bertz CT molecular complexity index is 1360. The summed E-state index contributed by atoms with van der Waals surface area (Å²) in [7, 11) is 1.16. The zero-order valence-corrected chi connectivity index (χ0v) is 24.5. The lowest BCUT2D eigenvalue weighted by atomic mass is 9.84. The predicted octanol–water partition coefficient (Wildman–Crippen LogP) is 4.66. The summed E-state index contributed by atoms with van der Waals surface area (Å²) in [5.41, 5.74) is 3.72. The fourth-order valence-corrected chi connectivity index (χ4v) is 6.22. The van der Waals surface area contributed by atoms with Crippen LogP contribution < -0.4 is 10.6 Å². The van der Waals surface area contributed by atoms with E-state index in [2.05, 4.69) is 10.6 Å². The number of aliphatic hydroxyl groups excluding tert-OH is 1. The quantitative estimate of drug-likeness (QED) is 0.152. The molecule has 222 valence electrons. The summed E-state index contributed by atoms with van der Waals surface area (Å²) in [6.07, 6.45) is -0.798. The van der Waals surface area contributed by atoms with Gasteiger partial charge in [-0.2, -0.15) is 0 Å². The van der Waals surface area contributed by atoms with Crippen LogP contribution in [0.2, 0.25) is 0 Å². The van der Waals surface area contributed by atoms with Gasteiger partial charge >= 0.3 is 12.1 Å². The van der Waals surface area contributed by atoms with E-state index in [0.717, 1.165) is 29.4 Å². The second kappa shape index (κ2) is 15.6. The van der Waals surface area contributed by atoms with E-state index < -0.39 is 41.4 Å². The van der Waals surface area contributed by atoms with Crippen LogP contribution >= 0.6 is 11.8 Å². The van der Waals surface area contributed by atoms with Gasteiger partial charge in [0.15, 0.2) is 6.04 Å². The van der Waals surface area contributed by atoms with Gasteiger partial charge in [0.05, 0.1) is 18.5 Å². The minimum atomic E-state index is -1.30. The summed E-state index contributed by atoms with van der Waals surface area (Å²) in [6, 6.07) is 36.5. The highest BCUT2D eigenvalue weighted by atomic mass is 32.2. The molecule has 43 heavy (non-hydrogen) atoms. The Kier molecular flexibility index (Phi) is 11.4. The molecular weight excluding hydrogens is 564 g/mol. The third-order valence-corrected chi connectivity index (χ3v) is 8.45. The van der Waals surface area contributed by atoms with Crippen LogP contribution in [0.15, 0.2) is 121 Å². The minimum absolute atomic E-state index is 0.0115. The van der Waals surface area contributed by atoms with Gasteiger partial charge in [0.1, 0.15) is 12.6 Å². The predicted molar refractivity (Wildman–Crippen MR) is 166 cm³/mol. The molecule has 2 atom stereocenters. The Morgan fingerprint density at radius 1 is 0.721 bits per heavy atom. The highest BCUT2D eigenvalue weighted by Gasteiger charge is 2.39. The van der Waals surface area contributed by atoms with Crippen LogP contribution in [0.4, 0.5) is 4.79 Å². The fourth-order valence-electron chi connectivity index (χ4n) is 4.66. The van der Waals surface area contributed by atoms with E-state index in [1.165, 1.54) is 11.8 Å². The summed E-state index contributed by atoms with van der Waals surface area (Å²) in [5, 5.41) is 14.9. The van der Waals surface area contributed by atoms with Gasteiger partial charge in [0.25, 0.3) is 0 Å². The summed E-state index contributed by atoms with van der Waals surface area (Å²) < 4.78 is 9.36. The largest absolute Gasteiger partial charge is 0.467 e. The molecule has 9 heteroatoms. The average molecular weight is 599 g/mol. The standard InChI is InChI=1S/C34H34N2O6S/c1-41-32(39)29(22-37)35-31(38)30(36-33(40)42-23-25-14-6-2-7-15-25)24-43-34(26-16-8-3-9-17-26,27-18-10-4-11-19-27)28-20-12-5-13-21-28/h2-21,29-30,37H,22-24H2,1H3,(H,35,38)(H,36,40)/t29-,30+/m0/s1. The number of ether oxygens (including phenoxy) is 2. The molecule has 0 saturated carbocycles. The van der Waals surface area contributed by atoms with Crippen LogP contribution in [0.1, 0.15) is 22.3 Å². The smallest absolute Gasteiger partial charge is 0.408 e. The maximum Gasteiger partial charge on any atom is 0.408 e.